The van der Waals surface area contributed by atoms with Gasteiger partial charge in [0.2, 0.25) is 5.13 Å². The SMILES string of the molecule is O=C(O)c1csc(N2CCN(c3nnc(C(F)F)s3)CC2)n1. The molecule has 0 atom stereocenters. The van der Waals surface area contributed by atoms with Crippen molar-refractivity contribution in [2.75, 3.05) is 36.0 Å². The number of carboxylic acid groups (broad SMARTS) is 1. The molecule has 1 aliphatic rings. The van der Waals surface area contributed by atoms with Crippen LogP contribution in [0.2, 0.25) is 0 Å². The number of piperazine rings is 1. The lowest BCUT2D eigenvalue weighted by atomic mass is 10.3. The Bertz CT molecular complexity index is 669. The Morgan fingerprint density at radius 3 is 2.32 bits per heavy atom. The highest BCUT2D eigenvalue weighted by molar-refractivity contribution is 7.15. The third kappa shape index (κ3) is 2.99. The van der Waals surface area contributed by atoms with Gasteiger partial charge in [-0.3, -0.25) is 0 Å². The molecule has 118 valence electrons. The number of rotatable bonds is 4. The maximum Gasteiger partial charge on any atom is 0.355 e. The third-order valence-electron chi connectivity index (χ3n) is 3.15. The Morgan fingerprint density at radius 2 is 1.82 bits per heavy atom. The number of carbonyl (C=O) groups is 1. The Labute approximate surface area is 131 Å². The molecule has 1 fully saturated rings. The topological polar surface area (TPSA) is 82.5 Å². The lowest BCUT2D eigenvalue weighted by molar-refractivity contribution is 0.0691. The van der Waals surface area contributed by atoms with E-state index in [2.05, 4.69) is 15.2 Å². The van der Waals surface area contributed by atoms with Crippen LogP contribution in [0.25, 0.3) is 0 Å². The molecule has 0 radical (unpaired) electrons. The highest BCUT2D eigenvalue weighted by Gasteiger charge is 2.24. The van der Waals surface area contributed by atoms with Crippen LogP contribution < -0.4 is 9.80 Å². The van der Waals surface area contributed by atoms with Crippen molar-refractivity contribution >= 4 is 38.9 Å². The van der Waals surface area contributed by atoms with Crippen LogP contribution in [0.15, 0.2) is 5.38 Å². The molecule has 0 saturated carbocycles. The quantitative estimate of drug-likeness (QED) is 0.905. The maximum atomic E-state index is 12.5. The predicted molar refractivity (Wildman–Crippen MR) is 78.4 cm³/mol. The zero-order valence-corrected chi connectivity index (χ0v) is 12.8. The monoisotopic (exact) mass is 347 g/mol. The average Bonchev–Trinajstić information content (AvgIpc) is 3.17. The van der Waals surface area contributed by atoms with Gasteiger partial charge in [0.05, 0.1) is 0 Å². The molecule has 7 nitrogen and oxygen atoms in total. The molecule has 0 amide bonds. The molecule has 3 rings (SSSR count). The van der Waals surface area contributed by atoms with E-state index >= 15 is 0 Å². The highest BCUT2D eigenvalue weighted by atomic mass is 32.1. The average molecular weight is 347 g/mol. The summed E-state index contributed by atoms with van der Waals surface area (Å²) in [5.41, 5.74) is 0.0353. The summed E-state index contributed by atoms with van der Waals surface area (Å²) in [4.78, 5) is 18.8. The second-order valence-electron chi connectivity index (χ2n) is 4.52. The van der Waals surface area contributed by atoms with Crippen LogP contribution in [-0.2, 0) is 0 Å². The number of carboxylic acids is 1. The predicted octanol–water partition coefficient (Wildman–Crippen LogP) is 1.96. The van der Waals surface area contributed by atoms with Gasteiger partial charge in [-0.2, -0.15) is 0 Å². The van der Waals surface area contributed by atoms with E-state index in [-0.39, 0.29) is 10.7 Å². The molecule has 2 aromatic heterocycles. The Hall–Kier alpha value is -1.88. The van der Waals surface area contributed by atoms with Gasteiger partial charge >= 0.3 is 5.97 Å². The van der Waals surface area contributed by atoms with E-state index in [1.54, 1.807) is 0 Å². The fourth-order valence-corrected chi connectivity index (χ4v) is 3.64. The van der Waals surface area contributed by atoms with Crippen molar-refractivity contribution in [3.63, 3.8) is 0 Å². The Morgan fingerprint density at radius 1 is 1.18 bits per heavy atom. The Kier molecular flexibility index (Phi) is 4.16. The van der Waals surface area contributed by atoms with Gasteiger partial charge in [0, 0.05) is 31.6 Å². The lowest BCUT2D eigenvalue weighted by Crippen LogP contribution is -2.46. The fourth-order valence-electron chi connectivity index (χ4n) is 2.04. The molecule has 22 heavy (non-hydrogen) atoms. The molecule has 0 aliphatic carbocycles. The number of aromatic carboxylic acids is 1. The normalized spacial score (nSPS) is 15.6. The molecule has 2 aromatic rings. The first-order valence-corrected chi connectivity index (χ1v) is 8.04. The smallest absolute Gasteiger partial charge is 0.355 e. The van der Waals surface area contributed by atoms with Crippen molar-refractivity contribution in [3.05, 3.63) is 16.1 Å². The molecule has 0 unspecified atom stereocenters. The summed E-state index contributed by atoms with van der Waals surface area (Å²) in [5, 5.41) is 18.5. The van der Waals surface area contributed by atoms with Crippen LogP contribution >= 0.6 is 22.7 Å². The van der Waals surface area contributed by atoms with Gasteiger partial charge in [-0.05, 0) is 0 Å². The number of aromatic nitrogens is 3. The van der Waals surface area contributed by atoms with E-state index in [9.17, 15) is 13.6 Å². The van der Waals surface area contributed by atoms with Gasteiger partial charge in [-0.15, -0.1) is 21.5 Å². The van der Waals surface area contributed by atoms with Crippen molar-refractivity contribution < 1.29 is 18.7 Å². The highest BCUT2D eigenvalue weighted by Crippen LogP contribution is 2.29. The second-order valence-corrected chi connectivity index (χ2v) is 6.34. The number of nitrogens with zero attached hydrogens (tertiary/aromatic N) is 5. The van der Waals surface area contributed by atoms with Crippen LogP contribution in [0.5, 0.6) is 0 Å². The van der Waals surface area contributed by atoms with Crippen molar-refractivity contribution in [1.29, 1.82) is 0 Å². The van der Waals surface area contributed by atoms with E-state index in [0.717, 1.165) is 11.3 Å². The van der Waals surface area contributed by atoms with Crippen molar-refractivity contribution in [3.8, 4) is 0 Å². The second kappa shape index (κ2) is 6.08. The first-order chi connectivity index (χ1) is 10.5. The largest absolute Gasteiger partial charge is 0.476 e. The van der Waals surface area contributed by atoms with Crippen LogP contribution in [0.1, 0.15) is 21.9 Å². The third-order valence-corrected chi connectivity index (χ3v) is 5.04. The van der Waals surface area contributed by atoms with E-state index < -0.39 is 12.4 Å². The fraction of sp³-hybridized carbons (Fsp3) is 0.455. The summed E-state index contributed by atoms with van der Waals surface area (Å²) in [6.45, 7) is 2.44. The minimum atomic E-state index is -2.60. The number of halogens is 2. The molecule has 0 aromatic carbocycles. The summed E-state index contributed by atoms with van der Waals surface area (Å²) in [7, 11) is 0. The molecule has 0 spiro atoms. The standard InChI is InChI=1S/C11H11F2N5O2S2/c12-7(13)8-15-16-11(22-8)18-3-1-17(2-4-18)10-14-6(5-21-10)9(19)20/h5,7H,1-4H2,(H,19,20). The number of anilines is 2. The molecule has 3 heterocycles. The van der Waals surface area contributed by atoms with Gasteiger partial charge in [-0.1, -0.05) is 11.3 Å². The van der Waals surface area contributed by atoms with Gasteiger partial charge in [0.15, 0.2) is 15.8 Å². The molecule has 11 heteroatoms. The molecular formula is C11H11F2N5O2S2. The zero-order chi connectivity index (χ0) is 15.7. The summed E-state index contributed by atoms with van der Waals surface area (Å²) >= 11 is 2.18. The molecule has 1 N–H and O–H groups in total. The van der Waals surface area contributed by atoms with Gasteiger partial charge in [0.1, 0.15) is 0 Å². The van der Waals surface area contributed by atoms with Crippen molar-refractivity contribution in [2.24, 2.45) is 0 Å². The molecular weight excluding hydrogens is 336 g/mol. The maximum absolute atomic E-state index is 12.5. The van der Waals surface area contributed by atoms with Crippen LogP contribution in [-0.4, -0.2) is 52.4 Å². The first kappa shape index (κ1) is 15.0. The van der Waals surface area contributed by atoms with E-state index in [4.69, 9.17) is 5.11 Å². The molecule has 1 saturated heterocycles. The van der Waals surface area contributed by atoms with E-state index in [1.807, 2.05) is 9.80 Å². The molecule has 0 bridgehead atoms. The van der Waals surface area contributed by atoms with Gasteiger partial charge in [-0.25, -0.2) is 18.6 Å². The van der Waals surface area contributed by atoms with E-state index in [0.29, 0.717) is 36.4 Å². The Balaban J connectivity index is 1.62. The van der Waals surface area contributed by atoms with Crippen molar-refractivity contribution in [1.82, 2.24) is 15.2 Å². The summed E-state index contributed by atoms with van der Waals surface area (Å²) in [6, 6.07) is 0. The number of hydrogen-bond donors (Lipinski definition) is 1. The van der Waals surface area contributed by atoms with Crippen LogP contribution in [0.4, 0.5) is 19.0 Å². The van der Waals surface area contributed by atoms with Gasteiger partial charge in [0.25, 0.3) is 6.43 Å². The van der Waals surface area contributed by atoms with Crippen molar-refractivity contribution in [2.45, 2.75) is 6.43 Å². The number of hydrogen-bond acceptors (Lipinski definition) is 8. The first-order valence-electron chi connectivity index (χ1n) is 6.35. The van der Waals surface area contributed by atoms with Gasteiger partial charge < -0.3 is 14.9 Å². The summed E-state index contributed by atoms with van der Waals surface area (Å²) in [6.07, 6.45) is -2.60. The lowest BCUT2D eigenvalue weighted by Gasteiger charge is -2.34. The number of alkyl halides is 2. The zero-order valence-electron chi connectivity index (χ0n) is 11.1. The molecule has 1 aliphatic heterocycles. The summed E-state index contributed by atoms with van der Waals surface area (Å²) in [5.74, 6) is -1.05. The van der Waals surface area contributed by atoms with Crippen LogP contribution in [0, 0.1) is 0 Å². The minimum absolute atomic E-state index is 0.0353. The van der Waals surface area contributed by atoms with E-state index in [1.165, 1.54) is 16.7 Å². The summed E-state index contributed by atoms with van der Waals surface area (Å²) < 4.78 is 25.0. The number of thiazole rings is 1. The van der Waals surface area contributed by atoms with Crippen LogP contribution in [0.3, 0.4) is 0 Å². The minimum Gasteiger partial charge on any atom is -0.476 e.